The normalized spacial score (nSPS) is 13.3. The molecular formula is C14H22OSi2. The average molecular weight is 263 g/mol. The Labute approximate surface area is 106 Å². The second kappa shape index (κ2) is 3.85. The molecule has 0 fully saturated rings. The van der Waals surface area contributed by atoms with Crippen LogP contribution < -0.4 is 10.4 Å². The van der Waals surface area contributed by atoms with Gasteiger partial charge in [0.15, 0.2) is 0 Å². The van der Waals surface area contributed by atoms with Crippen LogP contribution in [0.4, 0.5) is 0 Å². The SMILES string of the molecule is C[Si](C)(C)c1cc2cocc2cc1[Si](C)(C)C. The molecule has 0 aliphatic rings. The molecule has 0 atom stereocenters. The van der Waals surface area contributed by atoms with Gasteiger partial charge < -0.3 is 4.42 Å². The summed E-state index contributed by atoms with van der Waals surface area (Å²) < 4.78 is 5.33. The van der Waals surface area contributed by atoms with E-state index in [1.807, 2.05) is 12.5 Å². The number of furan rings is 1. The van der Waals surface area contributed by atoms with Crippen molar-refractivity contribution in [1.29, 1.82) is 0 Å². The summed E-state index contributed by atoms with van der Waals surface area (Å²) in [5, 5.41) is 5.74. The molecule has 3 heteroatoms. The van der Waals surface area contributed by atoms with Crippen LogP contribution in [0.5, 0.6) is 0 Å². The van der Waals surface area contributed by atoms with Crippen molar-refractivity contribution in [2.75, 3.05) is 0 Å². The predicted molar refractivity (Wildman–Crippen MR) is 82.2 cm³/mol. The molecule has 0 N–H and O–H groups in total. The molecule has 0 saturated heterocycles. The summed E-state index contributed by atoms with van der Waals surface area (Å²) in [4.78, 5) is 0. The molecule has 0 spiro atoms. The average Bonchev–Trinajstić information content (AvgIpc) is 2.59. The molecule has 0 radical (unpaired) electrons. The van der Waals surface area contributed by atoms with Crippen molar-refractivity contribution in [3.05, 3.63) is 24.7 Å². The van der Waals surface area contributed by atoms with E-state index >= 15 is 0 Å². The number of benzene rings is 1. The molecule has 0 aliphatic carbocycles. The number of rotatable bonds is 2. The van der Waals surface area contributed by atoms with E-state index in [-0.39, 0.29) is 0 Å². The molecule has 1 aromatic carbocycles. The van der Waals surface area contributed by atoms with Gasteiger partial charge in [0.2, 0.25) is 0 Å². The maximum Gasteiger partial charge on any atom is 0.0981 e. The van der Waals surface area contributed by atoms with E-state index < -0.39 is 16.1 Å². The largest absolute Gasteiger partial charge is 0.471 e. The van der Waals surface area contributed by atoms with E-state index in [2.05, 4.69) is 51.4 Å². The first-order chi connectivity index (χ1) is 7.69. The lowest BCUT2D eigenvalue weighted by atomic mass is 10.2. The fraction of sp³-hybridized carbons (Fsp3) is 0.429. The van der Waals surface area contributed by atoms with Crippen molar-refractivity contribution in [2.45, 2.75) is 39.3 Å². The number of hydrogen-bond donors (Lipinski definition) is 0. The van der Waals surface area contributed by atoms with Crippen LogP contribution in [-0.2, 0) is 0 Å². The highest BCUT2D eigenvalue weighted by molar-refractivity contribution is 6.98. The summed E-state index contributed by atoms with van der Waals surface area (Å²) in [7, 11) is -2.57. The van der Waals surface area contributed by atoms with Crippen LogP contribution in [0.1, 0.15) is 0 Å². The van der Waals surface area contributed by atoms with E-state index in [4.69, 9.17) is 4.42 Å². The quantitative estimate of drug-likeness (QED) is 0.755. The second-order valence-electron chi connectivity index (χ2n) is 6.90. The Hall–Kier alpha value is -0.806. The predicted octanol–water partition coefficient (Wildman–Crippen LogP) is 3.52. The van der Waals surface area contributed by atoms with E-state index in [1.165, 1.54) is 10.8 Å². The summed E-state index contributed by atoms with van der Waals surface area (Å²) in [6.07, 6.45) is 3.74. The molecular weight excluding hydrogens is 240 g/mol. The summed E-state index contributed by atoms with van der Waals surface area (Å²) in [6.45, 7) is 14.6. The fourth-order valence-corrected chi connectivity index (χ4v) is 7.45. The summed E-state index contributed by atoms with van der Waals surface area (Å²) in [5.74, 6) is 0. The van der Waals surface area contributed by atoms with Gasteiger partial charge in [-0.1, -0.05) is 61.8 Å². The molecule has 0 unspecified atom stereocenters. The van der Waals surface area contributed by atoms with E-state index in [1.54, 1.807) is 10.4 Å². The van der Waals surface area contributed by atoms with Gasteiger partial charge in [-0.25, -0.2) is 0 Å². The molecule has 2 rings (SSSR count). The van der Waals surface area contributed by atoms with Gasteiger partial charge in [-0.3, -0.25) is 0 Å². The first kappa shape index (κ1) is 12.6. The smallest absolute Gasteiger partial charge is 0.0981 e. The van der Waals surface area contributed by atoms with Gasteiger partial charge in [-0.15, -0.1) is 0 Å². The molecule has 2 aromatic rings. The second-order valence-corrected chi connectivity index (χ2v) is 17.0. The highest BCUT2D eigenvalue weighted by Gasteiger charge is 2.27. The monoisotopic (exact) mass is 262 g/mol. The minimum atomic E-state index is -1.29. The maximum atomic E-state index is 5.33. The third-order valence-corrected chi connectivity index (χ3v) is 7.54. The molecule has 0 amide bonds. The fourth-order valence-electron chi connectivity index (χ4n) is 2.26. The van der Waals surface area contributed by atoms with E-state index in [0.29, 0.717) is 0 Å². The van der Waals surface area contributed by atoms with Crippen molar-refractivity contribution >= 4 is 37.3 Å². The van der Waals surface area contributed by atoms with Crippen LogP contribution in [0.3, 0.4) is 0 Å². The Morgan fingerprint density at radius 3 is 1.35 bits per heavy atom. The summed E-state index contributed by atoms with van der Waals surface area (Å²) in [6, 6.07) is 4.75. The zero-order valence-electron chi connectivity index (χ0n) is 11.7. The Kier molecular flexibility index (Phi) is 2.86. The van der Waals surface area contributed by atoms with E-state index in [0.717, 1.165) is 0 Å². The molecule has 0 aliphatic heterocycles. The first-order valence-corrected chi connectivity index (χ1v) is 13.2. The Morgan fingerprint density at radius 1 is 0.706 bits per heavy atom. The molecule has 1 heterocycles. The first-order valence-electron chi connectivity index (χ1n) is 6.20. The van der Waals surface area contributed by atoms with Crippen molar-refractivity contribution in [2.24, 2.45) is 0 Å². The van der Waals surface area contributed by atoms with Crippen LogP contribution in [-0.4, -0.2) is 16.1 Å². The molecule has 0 bridgehead atoms. The van der Waals surface area contributed by atoms with Crippen molar-refractivity contribution < 1.29 is 4.42 Å². The Morgan fingerprint density at radius 2 is 1.06 bits per heavy atom. The number of hydrogen-bond acceptors (Lipinski definition) is 1. The van der Waals surface area contributed by atoms with Crippen LogP contribution >= 0.6 is 0 Å². The minimum absolute atomic E-state index is 1.25. The van der Waals surface area contributed by atoms with Crippen LogP contribution in [0.2, 0.25) is 39.3 Å². The van der Waals surface area contributed by atoms with Gasteiger partial charge in [-0.2, -0.15) is 0 Å². The third-order valence-electron chi connectivity index (χ3n) is 3.23. The van der Waals surface area contributed by atoms with Crippen LogP contribution in [0.15, 0.2) is 29.1 Å². The van der Waals surface area contributed by atoms with Gasteiger partial charge >= 0.3 is 0 Å². The van der Waals surface area contributed by atoms with Crippen LogP contribution in [0, 0.1) is 0 Å². The van der Waals surface area contributed by atoms with Gasteiger partial charge in [-0.05, 0) is 0 Å². The van der Waals surface area contributed by atoms with E-state index in [9.17, 15) is 0 Å². The topological polar surface area (TPSA) is 13.1 Å². The maximum absolute atomic E-state index is 5.33. The Bertz CT molecular complexity index is 493. The zero-order valence-corrected chi connectivity index (χ0v) is 13.7. The highest BCUT2D eigenvalue weighted by Crippen LogP contribution is 2.17. The highest BCUT2D eigenvalue weighted by atomic mass is 28.3. The molecule has 0 saturated carbocycles. The van der Waals surface area contributed by atoms with Gasteiger partial charge in [0.25, 0.3) is 0 Å². The molecule has 17 heavy (non-hydrogen) atoms. The number of fused-ring (bicyclic) bond motifs is 1. The van der Waals surface area contributed by atoms with Crippen LogP contribution in [0.25, 0.3) is 10.8 Å². The van der Waals surface area contributed by atoms with Gasteiger partial charge in [0, 0.05) is 10.8 Å². The standard InChI is InChI=1S/C14H22OSi2/c1-16(2,3)13-7-11-9-15-10-12(11)8-14(13)17(4,5)6/h7-10H,1-6H3. The van der Waals surface area contributed by atoms with Gasteiger partial charge in [0.05, 0.1) is 28.7 Å². The van der Waals surface area contributed by atoms with Crippen molar-refractivity contribution in [3.63, 3.8) is 0 Å². The molecule has 92 valence electrons. The minimum Gasteiger partial charge on any atom is -0.471 e. The third kappa shape index (κ3) is 2.40. The lowest BCUT2D eigenvalue weighted by Gasteiger charge is -2.28. The Balaban J connectivity index is 2.78. The lowest BCUT2D eigenvalue weighted by molar-refractivity contribution is 0.572. The van der Waals surface area contributed by atoms with Gasteiger partial charge in [0.1, 0.15) is 0 Å². The molecule has 1 nitrogen and oxygen atoms in total. The lowest BCUT2D eigenvalue weighted by Crippen LogP contribution is -2.56. The zero-order chi connectivity index (χ0) is 12.8. The van der Waals surface area contributed by atoms with Crippen molar-refractivity contribution in [1.82, 2.24) is 0 Å². The summed E-state index contributed by atoms with van der Waals surface area (Å²) in [5.41, 5.74) is 0. The summed E-state index contributed by atoms with van der Waals surface area (Å²) >= 11 is 0. The van der Waals surface area contributed by atoms with Crippen molar-refractivity contribution in [3.8, 4) is 0 Å². The molecule has 1 aromatic heterocycles.